The molecule has 0 saturated heterocycles. The fourth-order valence-corrected chi connectivity index (χ4v) is 2.40. The topological polar surface area (TPSA) is 26.0 Å². The molecule has 2 rings (SSSR count). The van der Waals surface area contributed by atoms with Gasteiger partial charge in [-0.25, -0.2) is 4.98 Å². The van der Waals surface area contributed by atoms with Crippen molar-refractivity contribution < 1.29 is 4.42 Å². The lowest BCUT2D eigenvalue weighted by molar-refractivity contribution is 0.431. The van der Waals surface area contributed by atoms with E-state index in [1.54, 1.807) is 11.8 Å². The quantitative estimate of drug-likeness (QED) is 0.752. The molecule has 1 heterocycles. The number of benzene rings is 1. The van der Waals surface area contributed by atoms with Crippen LogP contribution in [0.4, 0.5) is 0 Å². The molecule has 3 heteroatoms. The first kappa shape index (κ1) is 11.3. The number of hydrogen-bond acceptors (Lipinski definition) is 3. The van der Waals surface area contributed by atoms with Gasteiger partial charge in [-0.15, -0.1) is 0 Å². The van der Waals surface area contributed by atoms with Gasteiger partial charge in [-0.1, -0.05) is 36.0 Å². The van der Waals surface area contributed by atoms with Gasteiger partial charge in [-0.05, 0) is 31.9 Å². The van der Waals surface area contributed by atoms with Crippen molar-refractivity contribution in [3.8, 4) is 0 Å². The van der Waals surface area contributed by atoms with E-state index < -0.39 is 0 Å². The van der Waals surface area contributed by atoms with Gasteiger partial charge < -0.3 is 4.42 Å². The van der Waals surface area contributed by atoms with Crippen LogP contribution in [0.5, 0.6) is 0 Å². The largest absolute Gasteiger partial charge is 0.437 e. The first-order valence-electron chi connectivity index (χ1n) is 5.28. The second-order valence-corrected chi connectivity index (χ2v) is 4.76. The van der Waals surface area contributed by atoms with Crippen molar-refractivity contribution in [2.24, 2.45) is 0 Å². The summed E-state index contributed by atoms with van der Waals surface area (Å²) in [6.07, 6.45) is 0. The normalized spacial score (nSPS) is 10.7. The molecular weight excluding hydrogens is 218 g/mol. The van der Waals surface area contributed by atoms with Crippen molar-refractivity contribution in [3.63, 3.8) is 0 Å². The number of nitrogens with zero attached hydrogens (tertiary/aromatic N) is 1. The summed E-state index contributed by atoms with van der Waals surface area (Å²) in [5.41, 5.74) is 3.63. The van der Waals surface area contributed by atoms with Crippen molar-refractivity contribution in [3.05, 3.63) is 46.8 Å². The van der Waals surface area contributed by atoms with Gasteiger partial charge >= 0.3 is 0 Å². The van der Waals surface area contributed by atoms with Crippen LogP contribution in [0, 0.1) is 20.8 Å². The fraction of sp³-hybridized carbons (Fsp3) is 0.308. The summed E-state index contributed by atoms with van der Waals surface area (Å²) in [7, 11) is 0. The van der Waals surface area contributed by atoms with Gasteiger partial charge in [-0.3, -0.25) is 0 Å². The Bertz CT molecular complexity index is 471. The summed E-state index contributed by atoms with van der Waals surface area (Å²) in [6, 6.07) is 8.39. The molecule has 0 fully saturated rings. The number of aryl methyl sites for hydroxylation is 3. The van der Waals surface area contributed by atoms with Gasteiger partial charge in [-0.2, -0.15) is 0 Å². The molecule has 0 spiro atoms. The Labute approximate surface area is 100 Å². The summed E-state index contributed by atoms with van der Waals surface area (Å²) in [5, 5.41) is 0.762. The third-order valence-electron chi connectivity index (χ3n) is 2.62. The maximum atomic E-state index is 5.53. The monoisotopic (exact) mass is 233 g/mol. The molecule has 0 unspecified atom stereocenters. The summed E-state index contributed by atoms with van der Waals surface area (Å²) in [6.45, 7) is 6.04. The lowest BCUT2D eigenvalue weighted by Crippen LogP contribution is -1.85. The summed E-state index contributed by atoms with van der Waals surface area (Å²) in [5.74, 6) is 1.82. The maximum absolute atomic E-state index is 5.53. The molecule has 16 heavy (non-hydrogen) atoms. The van der Waals surface area contributed by atoms with E-state index in [9.17, 15) is 0 Å². The second-order valence-electron chi connectivity index (χ2n) is 3.84. The molecule has 1 aromatic heterocycles. The first-order chi connectivity index (χ1) is 7.66. The van der Waals surface area contributed by atoms with E-state index in [-0.39, 0.29) is 0 Å². The Balaban J connectivity index is 2.05. The van der Waals surface area contributed by atoms with Crippen LogP contribution in [0.15, 0.2) is 33.9 Å². The molecule has 0 saturated carbocycles. The zero-order valence-corrected chi connectivity index (χ0v) is 10.6. The summed E-state index contributed by atoms with van der Waals surface area (Å²) in [4.78, 5) is 4.35. The van der Waals surface area contributed by atoms with E-state index in [1.165, 1.54) is 11.1 Å². The molecule has 0 aliphatic carbocycles. The molecule has 2 aromatic rings. The Kier molecular flexibility index (Phi) is 3.34. The molecule has 0 N–H and O–H groups in total. The van der Waals surface area contributed by atoms with Gasteiger partial charge in [0.25, 0.3) is 5.22 Å². The Morgan fingerprint density at radius 2 is 1.94 bits per heavy atom. The molecule has 0 radical (unpaired) electrons. The molecule has 0 atom stereocenters. The van der Waals surface area contributed by atoms with E-state index in [4.69, 9.17) is 4.42 Å². The van der Waals surface area contributed by atoms with Crippen molar-refractivity contribution >= 4 is 11.8 Å². The minimum absolute atomic E-state index is 0.762. The Hall–Kier alpha value is -1.22. The Morgan fingerprint density at radius 1 is 1.19 bits per heavy atom. The molecule has 0 amide bonds. The lowest BCUT2D eigenvalue weighted by atomic mass is 10.1. The van der Waals surface area contributed by atoms with Crippen LogP contribution in [0.25, 0.3) is 0 Å². The predicted molar refractivity (Wildman–Crippen MR) is 66.7 cm³/mol. The van der Waals surface area contributed by atoms with Crippen LogP contribution in [0.3, 0.4) is 0 Å². The first-order valence-corrected chi connectivity index (χ1v) is 6.26. The fourth-order valence-electron chi connectivity index (χ4n) is 1.42. The number of hydrogen-bond donors (Lipinski definition) is 0. The van der Waals surface area contributed by atoms with E-state index >= 15 is 0 Å². The number of aromatic nitrogens is 1. The van der Waals surface area contributed by atoms with Crippen molar-refractivity contribution in [1.29, 1.82) is 0 Å². The van der Waals surface area contributed by atoms with E-state index in [0.717, 1.165) is 22.4 Å². The minimum atomic E-state index is 0.762. The highest BCUT2D eigenvalue weighted by molar-refractivity contribution is 7.98. The average Bonchev–Trinajstić information content (AvgIpc) is 2.57. The second kappa shape index (κ2) is 4.74. The molecular formula is C13H15NOS. The molecule has 0 aliphatic heterocycles. The highest BCUT2D eigenvalue weighted by Gasteiger charge is 2.06. The number of thioether (sulfide) groups is 1. The highest BCUT2D eigenvalue weighted by Crippen LogP contribution is 2.25. The third-order valence-corrected chi connectivity index (χ3v) is 3.50. The van der Waals surface area contributed by atoms with Crippen LogP contribution in [0.2, 0.25) is 0 Å². The molecule has 1 aromatic carbocycles. The van der Waals surface area contributed by atoms with E-state index in [1.807, 2.05) is 13.8 Å². The molecule has 2 nitrogen and oxygen atoms in total. The maximum Gasteiger partial charge on any atom is 0.256 e. The van der Waals surface area contributed by atoms with Gasteiger partial charge in [0.05, 0.1) is 5.69 Å². The molecule has 0 bridgehead atoms. The van der Waals surface area contributed by atoms with E-state index in [0.29, 0.717) is 0 Å². The summed E-state index contributed by atoms with van der Waals surface area (Å²) >= 11 is 1.64. The average molecular weight is 233 g/mol. The van der Waals surface area contributed by atoms with Gasteiger partial charge in [0, 0.05) is 5.75 Å². The Morgan fingerprint density at radius 3 is 2.56 bits per heavy atom. The smallest absolute Gasteiger partial charge is 0.256 e. The number of rotatable bonds is 3. The molecule has 0 aliphatic rings. The van der Waals surface area contributed by atoms with Crippen molar-refractivity contribution in [2.75, 3.05) is 0 Å². The van der Waals surface area contributed by atoms with Crippen LogP contribution >= 0.6 is 11.8 Å². The van der Waals surface area contributed by atoms with Crippen LogP contribution < -0.4 is 0 Å². The van der Waals surface area contributed by atoms with Gasteiger partial charge in [0.1, 0.15) is 5.76 Å². The predicted octanol–water partition coefficient (Wildman–Crippen LogP) is 3.89. The zero-order chi connectivity index (χ0) is 11.5. The zero-order valence-electron chi connectivity index (χ0n) is 9.78. The van der Waals surface area contributed by atoms with Gasteiger partial charge in [0.15, 0.2) is 0 Å². The van der Waals surface area contributed by atoms with Crippen molar-refractivity contribution in [1.82, 2.24) is 4.98 Å². The number of oxazole rings is 1. The summed E-state index contributed by atoms with van der Waals surface area (Å²) < 4.78 is 5.53. The highest BCUT2D eigenvalue weighted by atomic mass is 32.2. The van der Waals surface area contributed by atoms with Crippen LogP contribution in [-0.4, -0.2) is 4.98 Å². The standard InChI is InChI=1S/C13H15NOS/c1-9-6-4-5-7-12(9)8-16-13-14-10(2)11(3)15-13/h4-7H,8H2,1-3H3. The van der Waals surface area contributed by atoms with Gasteiger partial charge in [0.2, 0.25) is 0 Å². The minimum Gasteiger partial charge on any atom is -0.437 e. The van der Waals surface area contributed by atoms with Crippen molar-refractivity contribution in [2.45, 2.75) is 31.7 Å². The third kappa shape index (κ3) is 2.47. The molecule has 84 valence electrons. The van der Waals surface area contributed by atoms with Crippen LogP contribution in [0.1, 0.15) is 22.6 Å². The SMILES string of the molecule is Cc1ccccc1CSc1nc(C)c(C)o1. The van der Waals surface area contributed by atoms with E-state index in [2.05, 4.69) is 36.2 Å². The van der Waals surface area contributed by atoms with Crippen LogP contribution in [-0.2, 0) is 5.75 Å². The lowest BCUT2D eigenvalue weighted by Gasteiger charge is -2.02.